The van der Waals surface area contributed by atoms with Crippen molar-refractivity contribution >= 4 is 11.7 Å². The lowest BCUT2D eigenvalue weighted by molar-refractivity contribution is -0.00559. The summed E-state index contributed by atoms with van der Waals surface area (Å²) in [6.45, 7) is 4.91. The molecule has 8 heteroatoms. The molecule has 0 bridgehead atoms. The average molecular weight is 317 g/mol. The Morgan fingerprint density at radius 2 is 2.22 bits per heavy atom. The zero-order valence-corrected chi connectivity index (χ0v) is 13.4. The van der Waals surface area contributed by atoms with E-state index in [4.69, 9.17) is 9.15 Å². The molecule has 0 aliphatic carbocycles. The van der Waals surface area contributed by atoms with Gasteiger partial charge in [-0.2, -0.15) is 0 Å². The predicted octanol–water partition coefficient (Wildman–Crippen LogP) is 1.34. The van der Waals surface area contributed by atoms with Crippen LogP contribution in [-0.2, 0) is 4.74 Å². The van der Waals surface area contributed by atoms with Gasteiger partial charge in [0, 0.05) is 25.4 Å². The summed E-state index contributed by atoms with van der Waals surface area (Å²) in [6, 6.07) is 1.50. The molecule has 8 nitrogen and oxygen atoms in total. The molecule has 1 atom stereocenters. The van der Waals surface area contributed by atoms with Crippen LogP contribution in [-0.4, -0.2) is 52.6 Å². The van der Waals surface area contributed by atoms with E-state index in [1.807, 2.05) is 13.0 Å². The lowest BCUT2D eigenvalue weighted by Crippen LogP contribution is -2.44. The molecular formula is C15H19N5O3. The second-order valence-corrected chi connectivity index (χ2v) is 5.35. The molecule has 0 saturated carbocycles. The van der Waals surface area contributed by atoms with Gasteiger partial charge in [-0.25, -0.2) is 15.0 Å². The maximum atomic E-state index is 12.8. The maximum absolute atomic E-state index is 12.8. The lowest BCUT2D eigenvalue weighted by atomic mass is 10.1. The molecule has 0 aromatic carbocycles. The molecule has 122 valence electrons. The number of carbonyl (C=O) groups excluding carboxylic acids is 1. The zero-order valence-electron chi connectivity index (χ0n) is 13.4. The number of rotatable bonds is 3. The molecule has 1 unspecified atom stereocenters. The largest absolute Gasteiger partial charge is 0.448 e. The quantitative estimate of drug-likeness (QED) is 0.913. The molecule has 0 radical (unpaired) electrons. The van der Waals surface area contributed by atoms with Crippen LogP contribution in [0.4, 0.5) is 5.82 Å². The van der Waals surface area contributed by atoms with Crippen LogP contribution < -0.4 is 5.32 Å². The number of anilines is 1. The molecule has 1 N–H and O–H groups in total. The van der Waals surface area contributed by atoms with Gasteiger partial charge in [-0.1, -0.05) is 0 Å². The molecule has 1 aliphatic heterocycles. The molecule has 1 amide bonds. The number of ether oxygens (including phenoxy) is 1. The molecule has 3 rings (SSSR count). The minimum Gasteiger partial charge on any atom is -0.448 e. The number of amides is 1. The van der Waals surface area contributed by atoms with E-state index in [-0.39, 0.29) is 11.9 Å². The summed E-state index contributed by atoms with van der Waals surface area (Å²) in [6.07, 6.45) is 1.28. The number of aryl methyl sites for hydroxylation is 2. The normalized spacial score (nSPS) is 18.0. The van der Waals surface area contributed by atoms with E-state index in [1.165, 1.54) is 6.39 Å². The van der Waals surface area contributed by atoms with Gasteiger partial charge in [-0.05, 0) is 13.8 Å². The molecule has 1 saturated heterocycles. The Hall–Kier alpha value is -2.48. The summed E-state index contributed by atoms with van der Waals surface area (Å²) in [4.78, 5) is 27.4. The molecule has 2 aromatic rings. The van der Waals surface area contributed by atoms with E-state index in [9.17, 15) is 4.79 Å². The van der Waals surface area contributed by atoms with Crippen molar-refractivity contribution in [1.82, 2.24) is 19.9 Å². The van der Waals surface area contributed by atoms with Crippen LogP contribution >= 0.6 is 0 Å². The third-order valence-electron chi connectivity index (χ3n) is 3.76. The van der Waals surface area contributed by atoms with Crippen LogP contribution in [0.15, 0.2) is 16.9 Å². The minimum atomic E-state index is -0.348. The predicted molar refractivity (Wildman–Crippen MR) is 82.2 cm³/mol. The van der Waals surface area contributed by atoms with Crippen LogP contribution in [0.2, 0.25) is 0 Å². The van der Waals surface area contributed by atoms with Crippen molar-refractivity contribution in [1.29, 1.82) is 0 Å². The van der Waals surface area contributed by atoms with Gasteiger partial charge < -0.3 is 19.4 Å². The third-order valence-corrected chi connectivity index (χ3v) is 3.76. The van der Waals surface area contributed by atoms with E-state index >= 15 is 0 Å². The number of aromatic nitrogens is 3. The van der Waals surface area contributed by atoms with E-state index in [2.05, 4.69) is 20.3 Å². The standard InChI is InChI=1S/C15H19N5O3/c1-9-6-12(16-3)19-14(18-9)11-7-22-5-4-20(11)15(21)13-10(2)23-8-17-13/h6,8,11H,4-5,7H2,1-3H3,(H,16,18,19). The zero-order chi connectivity index (χ0) is 16.4. The van der Waals surface area contributed by atoms with Crippen molar-refractivity contribution in [3.8, 4) is 0 Å². The summed E-state index contributed by atoms with van der Waals surface area (Å²) in [5, 5.41) is 3.01. The fourth-order valence-corrected chi connectivity index (χ4v) is 2.58. The Labute approximate surface area is 133 Å². The molecule has 2 aromatic heterocycles. The Kier molecular flexibility index (Phi) is 4.24. The van der Waals surface area contributed by atoms with Gasteiger partial charge in [-0.15, -0.1) is 0 Å². The number of carbonyl (C=O) groups is 1. The van der Waals surface area contributed by atoms with Crippen molar-refractivity contribution in [3.05, 3.63) is 35.4 Å². The Morgan fingerprint density at radius 3 is 2.91 bits per heavy atom. The second kappa shape index (κ2) is 6.33. The topological polar surface area (TPSA) is 93.4 Å². The van der Waals surface area contributed by atoms with Gasteiger partial charge in [0.2, 0.25) is 0 Å². The molecule has 1 fully saturated rings. The molecule has 1 aliphatic rings. The average Bonchev–Trinajstić information content (AvgIpc) is 2.99. The van der Waals surface area contributed by atoms with E-state index in [0.29, 0.717) is 42.9 Å². The number of hydrogen-bond donors (Lipinski definition) is 1. The van der Waals surface area contributed by atoms with Crippen molar-refractivity contribution in [3.63, 3.8) is 0 Å². The fraction of sp³-hybridized carbons (Fsp3) is 0.467. The fourth-order valence-electron chi connectivity index (χ4n) is 2.58. The first-order valence-electron chi connectivity index (χ1n) is 7.42. The van der Waals surface area contributed by atoms with Crippen molar-refractivity contribution < 1.29 is 13.9 Å². The summed E-state index contributed by atoms with van der Waals surface area (Å²) in [7, 11) is 1.80. The SMILES string of the molecule is CNc1cc(C)nc(C2COCCN2C(=O)c2ncoc2C)n1. The summed E-state index contributed by atoms with van der Waals surface area (Å²) < 4.78 is 10.7. The Balaban J connectivity index is 1.94. The number of hydrogen-bond acceptors (Lipinski definition) is 7. The highest BCUT2D eigenvalue weighted by molar-refractivity contribution is 5.93. The van der Waals surface area contributed by atoms with Gasteiger partial charge in [0.25, 0.3) is 5.91 Å². The van der Waals surface area contributed by atoms with Crippen LogP contribution in [0, 0.1) is 13.8 Å². The summed E-state index contributed by atoms with van der Waals surface area (Å²) >= 11 is 0. The van der Waals surface area contributed by atoms with Crippen LogP contribution in [0.25, 0.3) is 0 Å². The number of oxazole rings is 1. The van der Waals surface area contributed by atoms with Crippen molar-refractivity contribution in [2.24, 2.45) is 0 Å². The maximum Gasteiger partial charge on any atom is 0.276 e. The number of morpholine rings is 1. The van der Waals surface area contributed by atoms with E-state index in [1.54, 1.807) is 18.9 Å². The molecule has 3 heterocycles. The number of nitrogens with zero attached hydrogens (tertiary/aromatic N) is 4. The monoisotopic (exact) mass is 317 g/mol. The van der Waals surface area contributed by atoms with E-state index in [0.717, 1.165) is 5.69 Å². The van der Waals surface area contributed by atoms with E-state index < -0.39 is 0 Å². The van der Waals surface area contributed by atoms with Crippen molar-refractivity contribution in [2.45, 2.75) is 19.9 Å². The van der Waals surface area contributed by atoms with Gasteiger partial charge in [0.15, 0.2) is 17.9 Å². The van der Waals surface area contributed by atoms with Gasteiger partial charge in [0.1, 0.15) is 17.6 Å². The van der Waals surface area contributed by atoms with Gasteiger partial charge >= 0.3 is 0 Å². The first-order chi connectivity index (χ1) is 11.1. The first kappa shape index (κ1) is 15.4. The minimum absolute atomic E-state index is 0.194. The highest BCUT2D eigenvalue weighted by Gasteiger charge is 2.33. The second-order valence-electron chi connectivity index (χ2n) is 5.35. The number of nitrogens with one attached hydrogen (secondary N) is 1. The smallest absolute Gasteiger partial charge is 0.276 e. The van der Waals surface area contributed by atoms with Crippen LogP contribution in [0.5, 0.6) is 0 Å². The van der Waals surface area contributed by atoms with Gasteiger partial charge in [0.05, 0.1) is 13.2 Å². The summed E-state index contributed by atoms with van der Waals surface area (Å²) in [5.41, 5.74) is 1.15. The Bertz CT molecular complexity index is 715. The first-order valence-corrected chi connectivity index (χ1v) is 7.42. The summed E-state index contributed by atoms with van der Waals surface area (Å²) in [5.74, 6) is 1.58. The van der Waals surface area contributed by atoms with Crippen LogP contribution in [0.1, 0.15) is 33.8 Å². The highest BCUT2D eigenvalue weighted by atomic mass is 16.5. The van der Waals surface area contributed by atoms with Crippen LogP contribution in [0.3, 0.4) is 0 Å². The molecular weight excluding hydrogens is 298 g/mol. The van der Waals surface area contributed by atoms with Gasteiger partial charge in [-0.3, -0.25) is 4.79 Å². The molecule has 23 heavy (non-hydrogen) atoms. The third kappa shape index (κ3) is 3.02. The Morgan fingerprint density at radius 1 is 1.39 bits per heavy atom. The highest BCUT2D eigenvalue weighted by Crippen LogP contribution is 2.25. The lowest BCUT2D eigenvalue weighted by Gasteiger charge is -2.34. The van der Waals surface area contributed by atoms with Crippen molar-refractivity contribution in [2.75, 3.05) is 32.1 Å². The molecule has 0 spiro atoms.